The first-order valence-electron chi connectivity index (χ1n) is 6.22. The molecule has 0 aliphatic carbocycles. The molecule has 0 bridgehead atoms. The summed E-state index contributed by atoms with van der Waals surface area (Å²) in [5.41, 5.74) is 8.62. The van der Waals surface area contributed by atoms with Gasteiger partial charge in [0.05, 0.1) is 22.9 Å². The fraction of sp³-hybridized carbons (Fsp3) is 0.0625. The Kier molecular flexibility index (Phi) is 4.53. The molecule has 0 spiro atoms. The molecule has 0 aromatic heterocycles. The molecular weight excluding hydrogens is 262 g/mol. The van der Waals surface area contributed by atoms with Crippen molar-refractivity contribution in [1.82, 2.24) is 0 Å². The monoisotopic (exact) mass is 275 g/mol. The molecule has 102 valence electrons. The Morgan fingerprint density at radius 2 is 1.86 bits per heavy atom. The SMILES string of the molecule is CNc1ccc(N=Nc2ccc(C#N)cc2C#CN)cc1. The number of rotatable bonds is 3. The summed E-state index contributed by atoms with van der Waals surface area (Å²) in [6.45, 7) is 0. The zero-order chi connectivity index (χ0) is 15.1. The van der Waals surface area contributed by atoms with Crippen molar-refractivity contribution in [3.63, 3.8) is 0 Å². The smallest absolute Gasteiger partial charge is 0.101 e. The van der Waals surface area contributed by atoms with Crippen molar-refractivity contribution >= 4 is 17.1 Å². The lowest BCUT2D eigenvalue weighted by Gasteiger charge is -2.00. The van der Waals surface area contributed by atoms with E-state index >= 15 is 0 Å². The van der Waals surface area contributed by atoms with Crippen LogP contribution in [0.2, 0.25) is 0 Å². The average molecular weight is 275 g/mol. The molecule has 0 aliphatic heterocycles. The predicted octanol–water partition coefficient (Wildman–Crippen LogP) is 3.28. The van der Waals surface area contributed by atoms with Gasteiger partial charge in [0.2, 0.25) is 0 Å². The summed E-state index contributed by atoms with van der Waals surface area (Å²) in [6.07, 6.45) is 0. The van der Waals surface area contributed by atoms with Crippen molar-refractivity contribution in [2.24, 2.45) is 16.0 Å². The maximum Gasteiger partial charge on any atom is 0.101 e. The molecule has 0 saturated heterocycles. The molecule has 5 heteroatoms. The van der Waals surface area contributed by atoms with E-state index in [9.17, 15) is 0 Å². The zero-order valence-electron chi connectivity index (χ0n) is 11.5. The number of hydrogen-bond donors (Lipinski definition) is 2. The first-order valence-corrected chi connectivity index (χ1v) is 6.22. The van der Waals surface area contributed by atoms with Crippen molar-refractivity contribution in [3.05, 3.63) is 53.6 Å². The molecule has 0 fully saturated rings. The molecule has 5 nitrogen and oxygen atoms in total. The highest BCUT2D eigenvalue weighted by Crippen LogP contribution is 2.23. The highest BCUT2D eigenvalue weighted by atomic mass is 15.1. The predicted molar refractivity (Wildman–Crippen MR) is 82.4 cm³/mol. The van der Waals surface area contributed by atoms with Gasteiger partial charge in [-0.15, -0.1) is 5.11 Å². The lowest BCUT2D eigenvalue weighted by Crippen LogP contribution is -1.85. The van der Waals surface area contributed by atoms with Crippen LogP contribution in [0.15, 0.2) is 52.7 Å². The third-order valence-corrected chi connectivity index (χ3v) is 2.76. The topological polar surface area (TPSA) is 86.6 Å². The van der Waals surface area contributed by atoms with Gasteiger partial charge in [-0.3, -0.25) is 0 Å². The Morgan fingerprint density at radius 3 is 2.48 bits per heavy atom. The number of nitrogens with one attached hydrogen (secondary N) is 1. The van der Waals surface area contributed by atoms with Crippen LogP contribution in [0, 0.1) is 23.3 Å². The van der Waals surface area contributed by atoms with Gasteiger partial charge in [-0.25, -0.2) is 0 Å². The van der Waals surface area contributed by atoms with Crippen LogP contribution < -0.4 is 11.1 Å². The van der Waals surface area contributed by atoms with Gasteiger partial charge >= 0.3 is 0 Å². The van der Waals surface area contributed by atoms with Gasteiger partial charge in [0.25, 0.3) is 0 Å². The summed E-state index contributed by atoms with van der Waals surface area (Å²) in [4.78, 5) is 0. The second kappa shape index (κ2) is 6.74. The number of anilines is 1. The van der Waals surface area contributed by atoms with Crippen LogP contribution in [-0.2, 0) is 0 Å². The molecule has 0 saturated carbocycles. The van der Waals surface area contributed by atoms with Crippen molar-refractivity contribution in [2.75, 3.05) is 12.4 Å². The van der Waals surface area contributed by atoms with E-state index in [1.807, 2.05) is 31.3 Å². The minimum atomic E-state index is 0.505. The van der Waals surface area contributed by atoms with E-state index in [0.29, 0.717) is 16.8 Å². The van der Waals surface area contributed by atoms with Crippen LogP contribution in [0.5, 0.6) is 0 Å². The molecule has 0 atom stereocenters. The molecule has 0 amide bonds. The van der Waals surface area contributed by atoms with Crippen molar-refractivity contribution in [1.29, 1.82) is 5.26 Å². The summed E-state index contributed by atoms with van der Waals surface area (Å²) in [5, 5.41) is 20.2. The van der Waals surface area contributed by atoms with Crippen molar-refractivity contribution in [2.45, 2.75) is 0 Å². The van der Waals surface area contributed by atoms with E-state index in [-0.39, 0.29) is 0 Å². The van der Waals surface area contributed by atoms with Crippen LogP contribution in [0.25, 0.3) is 0 Å². The van der Waals surface area contributed by atoms with E-state index in [1.165, 1.54) is 0 Å². The van der Waals surface area contributed by atoms with Crippen molar-refractivity contribution in [3.8, 4) is 18.0 Å². The van der Waals surface area contributed by atoms with Crippen molar-refractivity contribution < 1.29 is 0 Å². The number of nitrogens with zero attached hydrogens (tertiary/aromatic N) is 3. The van der Waals surface area contributed by atoms with Gasteiger partial charge in [-0.1, -0.05) is 0 Å². The summed E-state index contributed by atoms with van der Waals surface area (Å²) in [7, 11) is 1.85. The summed E-state index contributed by atoms with van der Waals surface area (Å²) < 4.78 is 0. The van der Waals surface area contributed by atoms with Crippen LogP contribution in [0.1, 0.15) is 11.1 Å². The number of azo groups is 1. The molecular formula is C16H13N5. The third kappa shape index (κ3) is 3.59. The fourth-order valence-electron chi connectivity index (χ4n) is 1.68. The molecule has 0 radical (unpaired) electrons. The number of nitriles is 1. The summed E-state index contributed by atoms with van der Waals surface area (Å²) in [6, 6.07) is 16.9. The Hall–Kier alpha value is -3.31. The van der Waals surface area contributed by atoms with Gasteiger partial charge in [0.15, 0.2) is 0 Å². The van der Waals surface area contributed by atoms with Gasteiger partial charge < -0.3 is 11.1 Å². The quantitative estimate of drug-likeness (QED) is 0.512. The molecule has 0 aliphatic rings. The van der Waals surface area contributed by atoms with E-state index in [1.54, 1.807) is 18.2 Å². The maximum absolute atomic E-state index is 8.89. The molecule has 2 rings (SSSR count). The van der Waals surface area contributed by atoms with Gasteiger partial charge in [-0.05, 0) is 48.4 Å². The lowest BCUT2D eigenvalue weighted by atomic mass is 10.1. The summed E-state index contributed by atoms with van der Waals surface area (Å²) in [5.74, 6) is 2.72. The van der Waals surface area contributed by atoms with E-state index in [0.717, 1.165) is 11.4 Å². The first kappa shape index (κ1) is 14.1. The average Bonchev–Trinajstić information content (AvgIpc) is 2.54. The lowest BCUT2D eigenvalue weighted by molar-refractivity contribution is 1.22. The standard InChI is InChI=1S/C16H13N5/c1-19-14-3-5-15(6-4-14)20-21-16-7-2-12(11-18)10-13(16)8-9-17/h2-7,10,19H,17H2,1H3. The molecule has 2 aromatic carbocycles. The Bertz CT molecular complexity index is 758. The minimum absolute atomic E-state index is 0.505. The third-order valence-electron chi connectivity index (χ3n) is 2.76. The highest BCUT2D eigenvalue weighted by molar-refractivity contribution is 5.58. The van der Waals surface area contributed by atoms with Gasteiger partial charge in [-0.2, -0.15) is 10.4 Å². The number of benzene rings is 2. The summed E-state index contributed by atoms with van der Waals surface area (Å²) >= 11 is 0. The Labute approximate surface area is 123 Å². The van der Waals surface area contributed by atoms with Crippen LogP contribution in [0.4, 0.5) is 17.1 Å². The van der Waals surface area contributed by atoms with E-state index in [2.05, 4.69) is 33.6 Å². The molecule has 2 aromatic rings. The van der Waals surface area contributed by atoms with E-state index in [4.69, 9.17) is 11.0 Å². The van der Waals surface area contributed by atoms with Crippen LogP contribution in [-0.4, -0.2) is 7.05 Å². The second-order valence-electron chi connectivity index (χ2n) is 4.11. The Morgan fingerprint density at radius 1 is 1.10 bits per heavy atom. The molecule has 0 heterocycles. The molecule has 0 unspecified atom stereocenters. The van der Waals surface area contributed by atoms with Gasteiger partial charge in [0, 0.05) is 18.8 Å². The normalized spacial score (nSPS) is 9.71. The number of nitrogens with two attached hydrogens (primary N) is 1. The number of hydrogen-bond acceptors (Lipinski definition) is 5. The maximum atomic E-state index is 8.89. The Balaban J connectivity index is 2.30. The zero-order valence-corrected chi connectivity index (χ0v) is 11.5. The fourth-order valence-corrected chi connectivity index (χ4v) is 1.68. The van der Waals surface area contributed by atoms with Crippen LogP contribution >= 0.6 is 0 Å². The van der Waals surface area contributed by atoms with Gasteiger partial charge in [0.1, 0.15) is 5.69 Å². The highest BCUT2D eigenvalue weighted by Gasteiger charge is 2.01. The molecule has 3 N–H and O–H groups in total. The molecule has 21 heavy (non-hydrogen) atoms. The first-order chi connectivity index (χ1) is 10.3. The largest absolute Gasteiger partial charge is 0.388 e. The van der Waals surface area contributed by atoms with E-state index < -0.39 is 0 Å². The minimum Gasteiger partial charge on any atom is -0.388 e. The van der Waals surface area contributed by atoms with Crippen LogP contribution in [0.3, 0.4) is 0 Å². The second-order valence-corrected chi connectivity index (χ2v) is 4.11.